The Hall–Kier alpha value is -1.31. The lowest BCUT2D eigenvalue weighted by atomic mass is 10.1. The van der Waals surface area contributed by atoms with Gasteiger partial charge in [-0.25, -0.2) is 0 Å². The first-order valence-electron chi connectivity index (χ1n) is 6.16. The second-order valence-corrected chi connectivity index (χ2v) is 5.10. The van der Waals surface area contributed by atoms with Crippen LogP contribution in [0, 0.1) is 0 Å². The van der Waals surface area contributed by atoms with Crippen molar-refractivity contribution >= 4 is 22.5 Å². The maximum absolute atomic E-state index is 9.83. The largest absolute Gasteiger partial charge is 0.460 e. The molecule has 3 rings (SSSR count). The molecule has 1 aliphatic heterocycles. The maximum Gasteiger partial charge on any atom is 0.229 e. The molecule has 0 radical (unpaired) electrons. The molecule has 4 N–H and O–H groups in total. The standard InChI is InChI=1S/C13H14ClNO5/c14-6-1-2-7-8(3-6)15-4-9(7)19-13-12(18)11(17)10(5-16)20-13/h1-4,10-13,15-18H,5H2/t10-,11+,12?,13-/m1/s1. The van der Waals surface area contributed by atoms with Crippen LogP contribution in [0.3, 0.4) is 0 Å². The van der Waals surface area contributed by atoms with Crippen molar-refractivity contribution in [3.05, 3.63) is 29.4 Å². The highest BCUT2D eigenvalue weighted by atomic mass is 35.5. The molecule has 1 aromatic carbocycles. The van der Waals surface area contributed by atoms with E-state index in [9.17, 15) is 10.2 Å². The highest BCUT2D eigenvalue weighted by Gasteiger charge is 2.44. The lowest BCUT2D eigenvalue weighted by Gasteiger charge is -2.16. The summed E-state index contributed by atoms with van der Waals surface area (Å²) in [4.78, 5) is 3.00. The monoisotopic (exact) mass is 299 g/mol. The summed E-state index contributed by atoms with van der Waals surface area (Å²) >= 11 is 5.89. The van der Waals surface area contributed by atoms with Gasteiger partial charge in [-0.15, -0.1) is 0 Å². The highest BCUT2D eigenvalue weighted by Crippen LogP contribution is 2.31. The second kappa shape index (κ2) is 5.23. The number of nitrogens with one attached hydrogen (secondary N) is 1. The molecule has 6 nitrogen and oxygen atoms in total. The van der Waals surface area contributed by atoms with Crippen molar-refractivity contribution in [3.8, 4) is 5.75 Å². The number of ether oxygens (including phenoxy) is 2. The smallest absolute Gasteiger partial charge is 0.229 e. The van der Waals surface area contributed by atoms with Crippen LogP contribution in [-0.2, 0) is 4.74 Å². The quantitative estimate of drug-likeness (QED) is 0.667. The molecule has 1 unspecified atom stereocenters. The molecule has 1 fully saturated rings. The molecule has 2 aromatic rings. The first kappa shape index (κ1) is 13.7. The Morgan fingerprint density at radius 2 is 2.10 bits per heavy atom. The fraction of sp³-hybridized carbons (Fsp3) is 0.385. The van der Waals surface area contributed by atoms with Crippen molar-refractivity contribution in [3.63, 3.8) is 0 Å². The summed E-state index contributed by atoms with van der Waals surface area (Å²) in [6.07, 6.45) is -2.66. The van der Waals surface area contributed by atoms with Crippen molar-refractivity contribution in [1.82, 2.24) is 4.98 Å². The van der Waals surface area contributed by atoms with Crippen LogP contribution in [0.5, 0.6) is 5.75 Å². The molecule has 0 spiro atoms. The van der Waals surface area contributed by atoms with E-state index in [1.54, 1.807) is 24.4 Å². The van der Waals surface area contributed by atoms with Gasteiger partial charge >= 0.3 is 0 Å². The number of hydrogen-bond donors (Lipinski definition) is 4. The molecule has 2 heterocycles. The predicted molar refractivity (Wildman–Crippen MR) is 71.7 cm³/mol. The number of aliphatic hydroxyl groups is 3. The van der Waals surface area contributed by atoms with Crippen molar-refractivity contribution in [2.24, 2.45) is 0 Å². The van der Waals surface area contributed by atoms with E-state index in [0.717, 1.165) is 10.9 Å². The van der Waals surface area contributed by atoms with Crippen LogP contribution in [0.15, 0.2) is 24.4 Å². The zero-order valence-electron chi connectivity index (χ0n) is 10.4. The predicted octanol–water partition coefficient (Wildman–Crippen LogP) is 0.639. The molecule has 0 aliphatic carbocycles. The van der Waals surface area contributed by atoms with Gasteiger partial charge in [-0.3, -0.25) is 0 Å². The van der Waals surface area contributed by atoms with Crippen LogP contribution in [0.4, 0.5) is 0 Å². The summed E-state index contributed by atoms with van der Waals surface area (Å²) in [5, 5.41) is 29.9. The second-order valence-electron chi connectivity index (χ2n) is 4.67. The van der Waals surface area contributed by atoms with Gasteiger partial charge in [0.05, 0.1) is 12.1 Å². The molecule has 0 amide bonds. The Bertz CT molecular complexity index is 616. The van der Waals surface area contributed by atoms with Crippen molar-refractivity contribution in [2.45, 2.75) is 24.6 Å². The SMILES string of the molecule is OC[C@H]1O[C@@H](Oc2c[nH]c3cc(Cl)ccc23)C(O)[C@H]1O. The lowest BCUT2D eigenvalue weighted by Crippen LogP contribution is -2.35. The average Bonchev–Trinajstić information content (AvgIpc) is 2.95. The van der Waals surface area contributed by atoms with Gasteiger partial charge in [-0.2, -0.15) is 0 Å². The molecule has 20 heavy (non-hydrogen) atoms. The van der Waals surface area contributed by atoms with E-state index in [0.29, 0.717) is 10.8 Å². The number of rotatable bonds is 3. The zero-order valence-corrected chi connectivity index (χ0v) is 11.1. The van der Waals surface area contributed by atoms with Crippen LogP contribution < -0.4 is 4.74 Å². The fourth-order valence-corrected chi connectivity index (χ4v) is 2.43. The van der Waals surface area contributed by atoms with Gasteiger partial charge in [0.1, 0.15) is 24.1 Å². The van der Waals surface area contributed by atoms with E-state index < -0.39 is 24.6 Å². The fourth-order valence-electron chi connectivity index (χ4n) is 2.26. The summed E-state index contributed by atoms with van der Waals surface area (Å²) in [7, 11) is 0. The molecule has 7 heteroatoms. The van der Waals surface area contributed by atoms with Crippen molar-refractivity contribution in [2.75, 3.05) is 6.61 Å². The Kier molecular flexibility index (Phi) is 3.57. The number of fused-ring (bicyclic) bond motifs is 1. The Morgan fingerprint density at radius 1 is 1.30 bits per heavy atom. The Balaban J connectivity index is 1.83. The minimum absolute atomic E-state index is 0.387. The first-order valence-corrected chi connectivity index (χ1v) is 6.53. The van der Waals surface area contributed by atoms with E-state index in [-0.39, 0.29) is 6.61 Å². The third-order valence-electron chi connectivity index (χ3n) is 3.35. The summed E-state index contributed by atoms with van der Waals surface area (Å²) in [5.74, 6) is 0.478. The van der Waals surface area contributed by atoms with Crippen LogP contribution in [0.2, 0.25) is 5.02 Å². The van der Waals surface area contributed by atoms with E-state index in [2.05, 4.69) is 4.98 Å². The van der Waals surface area contributed by atoms with Crippen molar-refractivity contribution in [1.29, 1.82) is 0 Å². The number of benzene rings is 1. The van der Waals surface area contributed by atoms with Crippen LogP contribution in [0.25, 0.3) is 10.9 Å². The highest BCUT2D eigenvalue weighted by molar-refractivity contribution is 6.31. The summed E-state index contributed by atoms with van der Waals surface area (Å²) < 4.78 is 10.8. The molecule has 4 atom stereocenters. The number of aliphatic hydroxyl groups excluding tert-OH is 3. The van der Waals surface area contributed by atoms with Crippen LogP contribution in [-0.4, -0.2) is 51.5 Å². The lowest BCUT2D eigenvalue weighted by molar-refractivity contribution is -0.115. The number of halogens is 1. The van der Waals surface area contributed by atoms with E-state index >= 15 is 0 Å². The van der Waals surface area contributed by atoms with Gasteiger partial charge in [0.15, 0.2) is 0 Å². The summed E-state index contributed by atoms with van der Waals surface area (Å²) in [6, 6.07) is 5.26. The molecular formula is C13H14ClNO5. The minimum atomic E-state index is -1.22. The van der Waals surface area contributed by atoms with Crippen LogP contribution >= 0.6 is 11.6 Å². The van der Waals surface area contributed by atoms with E-state index in [1.807, 2.05) is 0 Å². The first-order chi connectivity index (χ1) is 9.60. The average molecular weight is 300 g/mol. The van der Waals surface area contributed by atoms with E-state index in [4.69, 9.17) is 26.2 Å². The molecule has 1 aromatic heterocycles. The number of hydrogen-bond acceptors (Lipinski definition) is 5. The topological polar surface area (TPSA) is 94.9 Å². The molecule has 108 valence electrons. The minimum Gasteiger partial charge on any atom is -0.460 e. The van der Waals surface area contributed by atoms with E-state index in [1.165, 1.54) is 0 Å². The normalized spacial score (nSPS) is 30.0. The molecule has 0 saturated carbocycles. The Labute approximate surface area is 119 Å². The number of aromatic amines is 1. The maximum atomic E-state index is 9.83. The van der Waals surface area contributed by atoms with Gasteiger partial charge in [-0.1, -0.05) is 11.6 Å². The molecular weight excluding hydrogens is 286 g/mol. The molecule has 1 saturated heterocycles. The number of aromatic nitrogens is 1. The van der Waals surface area contributed by atoms with Crippen LogP contribution in [0.1, 0.15) is 0 Å². The van der Waals surface area contributed by atoms with Gasteiger partial charge < -0.3 is 29.8 Å². The molecule has 0 bridgehead atoms. The van der Waals surface area contributed by atoms with Gasteiger partial charge in [0.2, 0.25) is 6.29 Å². The third kappa shape index (κ3) is 2.25. The Morgan fingerprint density at radius 3 is 2.80 bits per heavy atom. The van der Waals surface area contributed by atoms with Crippen molar-refractivity contribution < 1.29 is 24.8 Å². The third-order valence-corrected chi connectivity index (χ3v) is 3.58. The van der Waals surface area contributed by atoms with Gasteiger partial charge in [0.25, 0.3) is 0 Å². The van der Waals surface area contributed by atoms with Gasteiger partial charge in [0, 0.05) is 16.6 Å². The summed E-state index contributed by atoms with van der Waals surface area (Å²) in [5.41, 5.74) is 0.791. The zero-order chi connectivity index (χ0) is 14.3. The number of H-pyrrole nitrogens is 1. The van der Waals surface area contributed by atoms with Gasteiger partial charge in [-0.05, 0) is 18.2 Å². The summed E-state index contributed by atoms with van der Waals surface area (Å²) in [6.45, 7) is -0.387. The molecule has 1 aliphatic rings.